The molecule has 0 aromatic heterocycles. The molecular weight excluding hydrogens is 552 g/mol. The molecule has 226 valence electrons. The van der Waals surface area contributed by atoms with Crippen LogP contribution in [0.1, 0.15) is 74.0 Å². The molecule has 2 aromatic carbocycles. The Hall–Kier alpha value is -3.44. The van der Waals surface area contributed by atoms with E-state index in [2.05, 4.69) is 0 Å². The standard InChI is InChI=1S/C29H35F6N3O3/c1-17-10-8-9-11-22(17)24-23(37(7)26(40)41-27(3,4)5)12-13-38(24)25(39)36(6)18(2)19-14-20(28(30,31)32)16-21(15-19)29(33,34)35/h8-11,14-16,18,23-24H,12-13H2,1-7H3/t18-,23-,24?/m1/s1. The molecule has 0 spiro atoms. The number of ether oxygens (including phenoxy) is 1. The van der Waals surface area contributed by atoms with Gasteiger partial charge in [-0.3, -0.25) is 0 Å². The number of alkyl halides is 6. The minimum atomic E-state index is -5.01. The molecule has 0 bridgehead atoms. The van der Waals surface area contributed by atoms with Crippen molar-refractivity contribution in [3.63, 3.8) is 0 Å². The van der Waals surface area contributed by atoms with Crippen LogP contribution in [0.2, 0.25) is 0 Å². The first-order chi connectivity index (χ1) is 18.7. The molecule has 0 N–H and O–H groups in total. The molecule has 12 heteroatoms. The molecule has 1 saturated heterocycles. The van der Waals surface area contributed by atoms with Gasteiger partial charge < -0.3 is 19.4 Å². The van der Waals surface area contributed by atoms with E-state index in [1.54, 1.807) is 33.9 Å². The fourth-order valence-electron chi connectivity index (χ4n) is 4.97. The van der Waals surface area contributed by atoms with Crippen molar-refractivity contribution in [1.82, 2.24) is 14.7 Å². The molecule has 2 aromatic rings. The number of amides is 3. The Kier molecular flexibility index (Phi) is 8.95. The third-order valence-electron chi connectivity index (χ3n) is 7.27. The van der Waals surface area contributed by atoms with Crippen LogP contribution in [0.15, 0.2) is 42.5 Å². The van der Waals surface area contributed by atoms with Crippen LogP contribution >= 0.6 is 0 Å². The summed E-state index contributed by atoms with van der Waals surface area (Å²) in [6, 6.07) is 5.76. The number of aryl methyl sites for hydroxylation is 1. The van der Waals surface area contributed by atoms with Gasteiger partial charge in [0, 0.05) is 20.6 Å². The van der Waals surface area contributed by atoms with Crippen molar-refractivity contribution in [3.8, 4) is 0 Å². The molecule has 1 unspecified atom stereocenters. The van der Waals surface area contributed by atoms with E-state index in [-0.39, 0.29) is 18.2 Å². The van der Waals surface area contributed by atoms with Crippen LogP contribution in [0.5, 0.6) is 0 Å². The summed E-state index contributed by atoms with van der Waals surface area (Å²) in [4.78, 5) is 30.9. The number of likely N-dealkylation sites (tertiary alicyclic amines) is 1. The van der Waals surface area contributed by atoms with Gasteiger partial charge in [0.2, 0.25) is 0 Å². The summed E-state index contributed by atoms with van der Waals surface area (Å²) >= 11 is 0. The highest BCUT2D eigenvalue weighted by Crippen LogP contribution is 2.41. The number of benzene rings is 2. The fraction of sp³-hybridized carbons (Fsp3) is 0.517. The minimum Gasteiger partial charge on any atom is -0.444 e. The van der Waals surface area contributed by atoms with E-state index in [1.165, 1.54) is 23.8 Å². The second-order valence-electron chi connectivity index (χ2n) is 11.4. The number of likely N-dealkylation sites (N-methyl/N-ethyl adjacent to an activating group) is 1. The van der Waals surface area contributed by atoms with Crippen molar-refractivity contribution in [3.05, 3.63) is 70.3 Å². The summed E-state index contributed by atoms with van der Waals surface area (Å²) < 4.78 is 86.4. The lowest BCUT2D eigenvalue weighted by molar-refractivity contribution is -0.143. The number of rotatable bonds is 4. The van der Waals surface area contributed by atoms with Crippen molar-refractivity contribution in [2.24, 2.45) is 0 Å². The van der Waals surface area contributed by atoms with Crippen LogP contribution in [0, 0.1) is 6.92 Å². The monoisotopic (exact) mass is 587 g/mol. The average Bonchev–Trinajstić information content (AvgIpc) is 3.29. The summed E-state index contributed by atoms with van der Waals surface area (Å²) in [5.74, 6) is 0. The second-order valence-corrected chi connectivity index (χ2v) is 11.4. The normalized spacial score (nSPS) is 18.7. The molecule has 6 nitrogen and oxygen atoms in total. The number of halogens is 6. The molecule has 0 aliphatic carbocycles. The zero-order valence-electron chi connectivity index (χ0n) is 24.0. The molecule has 3 amide bonds. The number of hydrogen-bond acceptors (Lipinski definition) is 3. The molecule has 1 aliphatic rings. The molecule has 0 saturated carbocycles. The molecule has 1 aliphatic heterocycles. The van der Waals surface area contributed by atoms with Gasteiger partial charge in [0.05, 0.1) is 29.3 Å². The van der Waals surface area contributed by atoms with Crippen LogP contribution in [0.25, 0.3) is 0 Å². The predicted octanol–water partition coefficient (Wildman–Crippen LogP) is 7.83. The Morgan fingerprint density at radius 3 is 1.98 bits per heavy atom. The maximum Gasteiger partial charge on any atom is 0.416 e. The highest BCUT2D eigenvalue weighted by atomic mass is 19.4. The quantitative estimate of drug-likeness (QED) is 0.343. The van der Waals surface area contributed by atoms with E-state index in [1.807, 2.05) is 25.1 Å². The minimum absolute atomic E-state index is 0.0593. The Labute approximate surface area is 235 Å². The maximum absolute atomic E-state index is 13.9. The van der Waals surface area contributed by atoms with Crippen LogP contribution in [0.3, 0.4) is 0 Å². The van der Waals surface area contributed by atoms with Crippen LogP contribution < -0.4 is 0 Å². The van der Waals surface area contributed by atoms with E-state index in [0.717, 1.165) is 16.0 Å². The summed E-state index contributed by atoms with van der Waals surface area (Å²) in [5.41, 5.74) is -2.35. The number of nitrogens with zero attached hydrogens (tertiary/aromatic N) is 3. The molecule has 0 radical (unpaired) electrons. The summed E-state index contributed by atoms with van der Waals surface area (Å²) in [7, 11) is 2.91. The number of hydrogen-bond donors (Lipinski definition) is 0. The van der Waals surface area contributed by atoms with E-state index >= 15 is 0 Å². The summed E-state index contributed by atoms with van der Waals surface area (Å²) in [5, 5.41) is 0. The van der Waals surface area contributed by atoms with Gasteiger partial charge in [0.1, 0.15) is 5.60 Å². The van der Waals surface area contributed by atoms with Gasteiger partial charge in [0.25, 0.3) is 0 Å². The lowest BCUT2D eigenvalue weighted by atomic mass is 9.95. The average molecular weight is 588 g/mol. The lowest BCUT2D eigenvalue weighted by Gasteiger charge is -2.37. The third-order valence-corrected chi connectivity index (χ3v) is 7.27. The van der Waals surface area contributed by atoms with E-state index in [0.29, 0.717) is 18.6 Å². The first-order valence-corrected chi connectivity index (χ1v) is 13.1. The largest absolute Gasteiger partial charge is 0.444 e. The van der Waals surface area contributed by atoms with Crippen LogP contribution in [-0.2, 0) is 17.1 Å². The molecule has 41 heavy (non-hydrogen) atoms. The predicted molar refractivity (Wildman–Crippen MR) is 141 cm³/mol. The first kappa shape index (κ1) is 32.1. The second kappa shape index (κ2) is 11.4. The molecule has 1 heterocycles. The van der Waals surface area contributed by atoms with Crippen molar-refractivity contribution in [2.75, 3.05) is 20.6 Å². The zero-order chi connectivity index (χ0) is 31.1. The first-order valence-electron chi connectivity index (χ1n) is 13.1. The van der Waals surface area contributed by atoms with Crippen molar-refractivity contribution < 1.29 is 40.7 Å². The zero-order valence-corrected chi connectivity index (χ0v) is 24.0. The van der Waals surface area contributed by atoms with Crippen LogP contribution in [-0.4, -0.2) is 59.1 Å². The Morgan fingerprint density at radius 2 is 1.49 bits per heavy atom. The van der Waals surface area contributed by atoms with Gasteiger partial charge >= 0.3 is 24.5 Å². The van der Waals surface area contributed by atoms with Gasteiger partial charge in [-0.1, -0.05) is 24.3 Å². The molecule has 3 rings (SSSR count). The van der Waals surface area contributed by atoms with Gasteiger partial charge in [-0.25, -0.2) is 9.59 Å². The highest BCUT2D eigenvalue weighted by molar-refractivity contribution is 5.76. The maximum atomic E-state index is 13.9. The SMILES string of the molecule is Cc1ccccc1C1[C@H](N(C)C(=O)OC(C)(C)C)CCN1C(=O)N(C)[C@H](C)c1cc(C(F)(F)F)cc(C(F)(F)F)c1. The third kappa shape index (κ3) is 7.26. The fourth-order valence-corrected chi connectivity index (χ4v) is 4.97. The number of carbonyl (C=O) groups is 2. The Balaban J connectivity index is 1.99. The summed E-state index contributed by atoms with van der Waals surface area (Å²) in [6.07, 6.45) is -10.2. The van der Waals surface area contributed by atoms with Crippen molar-refractivity contribution >= 4 is 12.1 Å². The van der Waals surface area contributed by atoms with Crippen LogP contribution in [0.4, 0.5) is 35.9 Å². The topological polar surface area (TPSA) is 53.1 Å². The smallest absolute Gasteiger partial charge is 0.416 e. The van der Waals surface area contributed by atoms with E-state index in [4.69, 9.17) is 4.74 Å². The number of carbonyl (C=O) groups excluding carboxylic acids is 2. The van der Waals surface area contributed by atoms with Gasteiger partial charge in [-0.15, -0.1) is 0 Å². The number of urea groups is 1. The van der Waals surface area contributed by atoms with Gasteiger partial charge in [-0.05, 0) is 75.9 Å². The lowest BCUT2D eigenvalue weighted by Crippen LogP contribution is -2.47. The van der Waals surface area contributed by atoms with Gasteiger partial charge in [0.15, 0.2) is 0 Å². The Bertz CT molecular complexity index is 1240. The molecule has 3 atom stereocenters. The van der Waals surface area contributed by atoms with E-state index < -0.39 is 59.3 Å². The molecule has 1 fully saturated rings. The molecular formula is C29H35F6N3O3. The van der Waals surface area contributed by atoms with Crippen molar-refractivity contribution in [2.45, 2.75) is 77.1 Å². The summed E-state index contributed by atoms with van der Waals surface area (Å²) in [6.45, 7) is 8.62. The Morgan fingerprint density at radius 1 is 0.951 bits per heavy atom. The van der Waals surface area contributed by atoms with Gasteiger partial charge in [-0.2, -0.15) is 26.3 Å². The van der Waals surface area contributed by atoms with E-state index in [9.17, 15) is 35.9 Å². The van der Waals surface area contributed by atoms with Crippen molar-refractivity contribution in [1.29, 1.82) is 0 Å². The highest BCUT2D eigenvalue weighted by Gasteiger charge is 2.45.